The van der Waals surface area contributed by atoms with Crippen molar-refractivity contribution in [3.8, 4) is 0 Å². The Morgan fingerprint density at radius 2 is 1.45 bits per heavy atom. The maximum atomic E-state index is 12.9. The molecule has 0 radical (unpaired) electrons. The van der Waals surface area contributed by atoms with E-state index in [1.807, 2.05) is 43.3 Å². The molecule has 172 valence electrons. The number of carbonyl (C=O) groups is 2. The summed E-state index contributed by atoms with van der Waals surface area (Å²) >= 11 is 12.1. The summed E-state index contributed by atoms with van der Waals surface area (Å²) in [5, 5.41) is 6.53. The van der Waals surface area contributed by atoms with Gasteiger partial charge in [-0.15, -0.1) is 0 Å². The van der Waals surface area contributed by atoms with E-state index in [0.29, 0.717) is 23.6 Å². The van der Waals surface area contributed by atoms with Crippen LogP contribution in [0.4, 0.5) is 0 Å². The number of nitrogens with one attached hydrogen (secondary N) is 2. The molecule has 0 aliphatic rings. The third kappa shape index (κ3) is 7.08. The van der Waals surface area contributed by atoms with Crippen LogP contribution in [0, 0.1) is 0 Å². The summed E-state index contributed by atoms with van der Waals surface area (Å²) in [6, 6.07) is 24.6. The maximum Gasteiger partial charge on any atom is 0.253 e. The zero-order chi connectivity index (χ0) is 23.6. The van der Waals surface area contributed by atoms with Gasteiger partial charge in [0.15, 0.2) is 0 Å². The van der Waals surface area contributed by atoms with E-state index >= 15 is 0 Å². The van der Waals surface area contributed by atoms with Gasteiger partial charge in [0.1, 0.15) is 6.04 Å². The van der Waals surface area contributed by atoms with Crippen LogP contribution in [0.3, 0.4) is 0 Å². The van der Waals surface area contributed by atoms with Gasteiger partial charge in [0, 0.05) is 17.5 Å². The molecule has 3 aromatic rings. The largest absolute Gasteiger partial charge is 0.354 e. The molecule has 1 atom stereocenters. The van der Waals surface area contributed by atoms with Crippen molar-refractivity contribution in [3.05, 3.63) is 106 Å². The van der Waals surface area contributed by atoms with Crippen molar-refractivity contribution < 1.29 is 9.59 Å². The van der Waals surface area contributed by atoms with Crippen LogP contribution in [-0.2, 0) is 4.79 Å². The summed E-state index contributed by atoms with van der Waals surface area (Å²) in [4.78, 5) is 25.6. The van der Waals surface area contributed by atoms with Gasteiger partial charge in [-0.05, 0) is 42.2 Å². The molecule has 0 heterocycles. The first-order valence-corrected chi connectivity index (χ1v) is 11.9. The number of carbonyl (C=O) groups excluding carboxylic acids is 2. The van der Waals surface area contributed by atoms with E-state index in [1.165, 1.54) is 17.2 Å². The quantitative estimate of drug-likeness (QED) is 0.359. The minimum absolute atomic E-state index is 0.166. The second-order valence-electron chi connectivity index (χ2n) is 7.89. The third-order valence-electron chi connectivity index (χ3n) is 5.51. The van der Waals surface area contributed by atoms with Crippen LogP contribution < -0.4 is 10.6 Å². The predicted octanol–water partition coefficient (Wildman–Crippen LogP) is 6.23. The number of benzene rings is 3. The molecule has 0 spiro atoms. The van der Waals surface area contributed by atoms with Gasteiger partial charge >= 0.3 is 0 Å². The smallest absolute Gasteiger partial charge is 0.253 e. The molecular formula is C27H28Cl2N2O2. The van der Waals surface area contributed by atoms with Crippen LogP contribution in [0.2, 0.25) is 10.0 Å². The molecule has 3 aromatic carbocycles. The van der Waals surface area contributed by atoms with Crippen LogP contribution in [-0.4, -0.2) is 24.4 Å². The third-order valence-corrected chi connectivity index (χ3v) is 6.06. The molecule has 33 heavy (non-hydrogen) atoms. The fourth-order valence-electron chi connectivity index (χ4n) is 3.83. The highest BCUT2D eigenvalue weighted by molar-refractivity contribution is 6.36. The summed E-state index contributed by atoms with van der Waals surface area (Å²) in [7, 11) is 0. The van der Waals surface area contributed by atoms with Gasteiger partial charge in [-0.25, -0.2) is 0 Å². The van der Waals surface area contributed by atoms with Crippen molar-refractivity contribution >= 4 is 35.0 Å². The molecule has 2 amide bonds. The molecule has 0 saturated heterocycles. The molecule has 2 N–H and O–H groups in total. The molecule has 1 unspecified atom stereocenters. The molecule has 0 fully saturated rings. The van der Waals surface area contributed by atoms with Crippen LogP contribution in [0.1, 0.15) is 53.6 Å². The van der Waals surface area contributed by atoms with Crippen LogP contribution in [0.5, 0.6) is 0 Å². The Kier molecular flexibility index (Phi) is 9.35. The normalized spacial score (nSPS) is 11.8. The van der Waals surface area contributed by atoms with E-state index in [4.69, 9.17) is 23.2 Å². The predicted molar refractivity (Wildman–Crippen MR) is 135 cm³/mol. The fraction of sp³-hybridized carbons (Fsp3) is 0.259. The molecule has 4 nitrogen and oxygen atoms in total. The molecular weight excluding hydrogens is 455 g/mol. The van der Waals surface area contributed by atoms with E-state index < -0.39 is 11.9 Å². The van der Waals surface area contributed by atoms with Gasteiger partial charge in [-0.2, -0.15) is 0 Å². The van der Waals surface area contributed by atoms with Crippen LogP contribution in [0.25, 0.3) is 0 Å². The Labute approximate surface area is 205 Å². The van der Waals surface area contributed by atoms with Crippen molar-refractivity contribution in [1.82, 2.24) is 10.6 Å². The summed E-state index contributed by atoms with van der Waals surface area (Å²) in [5.74, 6) is -0.424. The minimum atomic E-state index is -0.638. The van der Waals surface area contributed by atoms with Gasteiger partial charge in [-0.1, -0.05) is 97.2 Å². The highest BCUT2D eigenvalue weighted by atomic mass is 35.5. The summed E-state index contributed by atoms with van der Waals surface area (Å²) in [6.45, 7) is 2.47. The Morgan fingerprint density at radius 1 is 0.848 bits per heavy atom. The second-order valence-corrected chi connectivity index (χ2v) is 8.74. The van der Waals surface area contributed by atoms with E-state index in [9.17, 15) is 9.59 Å². The van der Waals surface area contributed by atoms with Crippen molar-refractivity contribution in [2.75, 3.05) is 6.54 Å². The lowest BCUT2D eigenvalue weighted by atomic mass is 9.88. The minimum Gasteiger partial charge on any atom is -0.354 e. The highest BCUT2D eigenvalue weighted by Crippen LogP contribution is 2.27. The standard InChI is InChI=1S/C27H28Cl2N2O2/c1-2-9-25(31-26(32)23-15-14-21(28)18-24(23)29)27(33)30-17-16-22(19-10-5-3-6-11-19)20-12-7-4-8-13-20/h3-8,10-15,18,22,25H,2,9,16-17H2,1H3,(H,30,33)(H,31,32). The molecule has 3 rings (SSSR count). The second kappa shape index (κ2) is 12.4. The Morgan fingerprint density at radius 3 is 2.00 bits per heavy atom. The van der Waals surface area contributed by atoms with Crippen molar-refractivity contribution in [2.24, 2.45) is 0 Å². The zero-order valence-corrected chi connectivity index (χ0v) is 20.1. The van der Waals surface area contributed by atoms with Gasteiger partial charge in [0.25, 0.3) is 5.91 Å². The topological polar surface area (TPSA) is 58.2 Å². The van der Waals surface area contributed by atoms with Crippen LogP contribution in [0.15, 0.2) is 78.9 Å². The molecule has 0 aliphatic heterocycles. The first-order valence-electron chi connectivity index (χ1n) is 11.1. The summed E-state index contributed by atoms with van der Waals surface area (Å²) in [5.41, 5.74) is 2.70. The molecule has 0 bridgehead atoms. The van der Waals surface area contributed by atoms with Gasteiger partial charge in [-0.3, -0.25) is 9.59 Å². The number of rotatable bonds is 10. The average Bonchev–Trinajstić information content (AvgIpc) is 2.82. The maximum absolute atomic E-state index is 12.9. The van der Waals surface area contributed by atoms with Gasteiger partial charge in [0.05, 0.1) is 10.6 Å². The van der Waals surface area contributed by atoms with Gasteiger partial charge < -0.3 is 10.6 Å². The lowest BCUT2D eigenvalue weighted by Gasteiger charge is -2.21. The van der Waals surface area contributed by atoms with Crippen molar-refractivity contribution in [1.29, 1.82) is 0 Å². The average molecular weight is 483 g/mol. The van der Waals surface area contributed by atoms with E-state index in [2.05, 4.69) is 34.9 Å². The molecule has 6 heteroatoms. The van der Waals surface area contributed by atoms with E-state index in [0.717, 1.165) is 12.8 Å². The summed E-state index contributed by atoms with van der Waals surface area (Å²) in [6.07, 6.45) is 2.03. The lowest BCUT2D eigenvalue weighted by molar-refractivity contribution is -0.123. The molecule has 0 aromatic heterocycles. The number of hydrogen-bond acceptors (Lipinski definition) is 2. The van der Waals surface area contributed by atoms with E-state index in [1.54, 1.807) is 12.1 Å². The number of halogens is 2. The van der Waals surface area contributed by atoms with E-state index in [-0.39, 0.29) is 16.8 Å². The Bertz CT molecular complexity index is 1020. The van der Waals surface area contributed by atoms with Crippen LogP contribution >= 0.6 is 23.2 Å². The van der Waals surface area contributed by atoms with Gasteiger partial charge in [0.2, 0.25) is 5.91 Å². The Balaban J connectivity index is 1.64. The molecule has 0 aliphatic carbocycles. The SMILES string of the molecule is CCCC(NC(=O)c1ccc(Cl)cc1Cl)C(=O)NCCC(c1ccccc1)c1ccccc1. The first kappa shape index (κ1) is 24.8. The Hall–Kier alpha value is -2.82. The van der Waals surface area contributed by atoms with Crippen molar-refractivity contribution in [3.63, 3.8) is 0 Å². The first-order chi connectivity index (χ1) is 16.0. The highest BCUT2D eigenvalue weighted by Gasteiger charge is 2.22. The molecule has 0 saturated carbocycles. The monoisotopic (exact) mass is 482 g/mol. The summed E-state index contributed by atoms with van der Waals surface area (Å²) < 4.78 is 0. The van der Waals surface area contributed by atoms with Crippen molar-refractivity contribution in [2.45, 2.75) is 38.1 Å². The zero-order valence-electron chi connectivity index (χ0n) is 18.6. The fourth-order valence-corrected chi connectivity index (χ4v) is 4.32. The lowest BCUT2D eigenvalue weighted by Crippen LogP contribution is -2.47. The number of hydrogen-bond donors (Lipinski definition) is 2. The number of amides is 2.